The Labute approximate surface area is 121 Å². The smallest absolute Gasteiger partial charge is 0.349 e. The van der Waals surface area contributed by atoms with E-state index in [1.165, 1.54) is 23.7 Å². The lowest BCUT2D eigenvalue weighted by atomic mass is 10.1. The van der Waals surface area contributed by atoms with Gasteiger partial charge in [0.2, 0.25) is 0 Å². The molecule has 2 aromatic rings. The largest absolute Gasteiger partial charge is 0.366 e. The number of rotatable bonds is 2. The van der Waals surface area contributed by atoms with Gasteiger partial charge >= 0.3 is 5.69 Å². The van der Waals surface area contributed by atoms with Crippen LogP contribution in [0.25, 0.3) is 5.65 Å². The summed E-state index contributed by atoms with van der Waals surface area (Å²) in [4.78, 5) is 16.0. The van der Waals surface area contributed by atoms with E-state index in [1.54, 1.807) is 13.0 Å². The van der Waals surface area contributed by atoms with Gasteiger partial charge in [0, 0.05) is 12.1 Å². The van der Waals surface area contributed by atoms with Crippen molar-refractivity contribution < 1.29 is 0 Å². The van der Waals surface area contributed by atoms with Crippen LogP contribution in [0.15, 0.2) is 10.9 Å². The normalized spacial score (nSPS) is 23.7. The van der Waals surface area contributed by atoms with Gasteiger partial charge in [-0.2, -0.15) is 5.10 Å². The van der Waals surface area contributed by atoms with Crippen LogP contribution in [-0.4, -0.2) is 31.0 Å². The molecule has 1 aliphatic carbocycles. The molecule has 0 aliphatic heterocycles. The quantitative estimate of drug-likeness (QED) is 0.657. The van der Waals surface area contributed by atoms with E-state index in [0.29, 0.717) is 11.5 Å². The molecular weight excluding hydrogens is 278 g/mol. The van der Waals surface area contributed by atoms with Crippen LogP contribution in [-0.2, 0) is 0 Å². The van der Waals surface area contributed by atoms with Crippen LogP contribution in [0.1, 0.15) is 37.9 Å². The van der Waals surface area contributed by atoms with Crippen LogP contribution >= 0.6 is 11.6 Å². The first-order valence-electron chi connectivity index (χ1n) is 7.00. The van der Waals surface area contributed by atoms with E-state index in [0.717, 1.165) is 18.7 Å². The van der Waals surface area contributed by atoms with Gasteiger partial charge in [-0.1, -0.05) is 19.3 Å². The van der Waals surface area contributed by atoms with E-state index < -0.39 is 0 Å². The van der Waals surface area contributed by atoms with Gasteiger partial charge < -0.3 is 5.32 Å². The van der Waals surface area contributed by atoms with Crippen LogP contribution in [0.3, 0.4) is 0 Å². The summed E-state index contributed by atoms with van der Waals surface area (Å²) in [7, 11) is 0. The van der Waals surface area contributed by atoms with E-state index >= 15 is 0 Å². The molecule has 1 saturated carbocycles. The Morgan fingerprint density at radius 1 is 1.40 bits per heavy atom. The van der Waals surface area contributed by atoms with Crippen LogP contribution in [0.2, 0.25) is 0 Å². The number of H-pyrrole nitrogens is 1. The number of aryl methyl sites for hydroxylation is 1. The van der Waals surface area contributed by atoms with Crippen molar-refractivity contribution in [2.45, 2.75) is 50.4 Å². The van der Waals surface area contributed by atoms with Crippen LogP contribution < -0.4 is 11.0 Å². The summed E-state index contributed by atoms with van der Waals surface area (Å²) >= 11 is 6.43. The molecule has 3 rings (SSSR count). The number of hydrogen-bond donors (Lipinski definition) is 2. The van der Waals surface area contributed by atoms with Gasteiger partial charge in [-0.15, -0.1) is 11.6 Å². The summed E-state index contributed by atoms with van der Waals surface area (Å²) in [6.07, 6.45) is 5.69. The molecule has 108 valence electrons. The maximum atomic E-state index is 11.6. The molecule has 7 heteroatoms. The summed E-state index contributed by atoms with van der Waals surface area (Å²) in [6.45, 7) is 1.79. The Morgan fingerprint density at radius 3 is 3.05 bits per heavy atom. The number of aromatic nitrogens is 4. The summed E-state index contributed by atoms with van der Waals surface area (Å²) in [5.41, 5.74) is 0.311. The summed E-state index contributed by atoms with van der Waals surface area (Å²) < 4.78 is 1.45. The molecule has 0 spiro atoms. The number of alkyl halides is 1. The molecule has 2 heterocycles. The summed E-state index contributed by atoms with van der Waals surface area (Å²) in [5, 5.41) is 9.94. The van der Waals surface area contributed by atoms with Gasteiger partial charge in [0.05, 0.1) is 5.38 Å². The third-order valence-corrected chi connectivity index (χ3v) is 4.36. The van der Waals surface area contributed by atoms with Crippen molar-refractivity contribution in [3.05, 3.63) is 22.4 Å². The molecule has 2 N–H and O–H groups in total. The Kier molecular flexibility index (Phi) is 3.65. The first-order valence-corrected chi connectivity index (χ1v) is 7.44. The van der Waals surface area contributed by atoms with Gasteiger partial charge in [-0.25, -0.2) is 19.3 Å². The third kappa shape index (κ3) is 2.52. The summed E-state index contributed by atoms with van der Waals surface area (Å²) in [5.74, 6) is 1.34. The minimum atomic E-state index is -0.263. The molecule has 0 aromatic carbocycles. The van der Waals surface area contributed by atoms with Crippen LogP contribution in [0.4, 0.5) is 5.82 Å². The zero-order chi connectivity index (χ0) is 14.1. The lowest BCUT2D eigenvalue weighted by Crippen LogP contribution is -2.29. The highest BCUT2D eigenvalue weighted by Gasteiger charge is 2.22. The number of aromatic amines is 1. The number of nitrogens with one attached hydrogen (secondary N) is 2. The number of fused-ring (bicyclic) bond motifs is 1. The number of halogens is 1. The maximum Gasteiger partial charge on any atom is 0.349 e. The number of anilines is 1. The highest BCUT2D eigenvalue weighted by molar-refractivity contribution is 6.21. The van der Waals surface area contributed by atoms with Crippen molar-refractivity contribution in [1.82, 2.24) is 19.6 Å². The Balaban J connectivity index is 1.88. The topological polar surface area (TPSA) is 75.1 Å². The first-order chi connectivity index (χ1) is 9.65. The zero-order valence-electron chi connectivity index (χ0n) is 11.4. The molecule has 0 saturated heterocycles. The monoisotopic (exact) mass is 295 g/mol. The molecule has 20 heavy (non-hydrogen) atoms. The van der Waals surface area contributed by atoms with Crippen molar-refractivity contribution >= 4 is 23.1 Å². The molecular formula is C13H18ClN5O. The second kappa shape index (κ2) is 5.44. The fraction of sp³-hybridized carbons (Fsp3) is 0.615. The Bertz CT molecular complexity index is 664. The second-order valence-corrected chi connectivity index (χ2v) is 5.88. The number of hydrogen-bond acceptors (Lipinski definition) is 4. The van der Waals surface area contributed by atoms with Crippen molar-refractivity contribution in [3.8, 4) is 0 Å². The van der Waals surface area contributed by atoms with E-state index in [2.05, 4.69) is 20.5 Å². The Morgan fingerprint density at radius 2 is 2.20 bits per heavy atom. The van der Waals surface area contributed by atoms with E-state index in [4.69, 9.17) is 11.6 Å². The van der Waals surface area contributed by atoms with Crippen molar-refractivity contribution in [1.29, 1.82) is 0 Å². The van der Waals surface area contributed by atoms with Gasteiger partial charge in [-0.3, -0.25) is 0 Å². The minimum absolute atomic E-state index is 0.122. The predicted octanol–water partition coefficient (Wildman–Crippen LogP) is 2.08. The third-order valence-electron chi connectivity index (χ3n) is 3.83. The summed E-state index contributed by atoms with van der Waals surface area (Å²) in [6, 6.07) is 2.00. The highest BCUT2D eigenvalue weighted by atomic mass is 35.5. The van der Waals surface area contributed by atoms with Crippen molar-refractivity contribution in [2.24, 2.45) is 0 Å². The molecule has 0 radical (unpaired) electrons. The Hall–Kier alpha value is -1.56. The number of nitrogens with zero attached hydrogens (tertiary/aromatic N) is 3. The lowest BCUT2D eigenvalue weighted by molar-refractivity contribution is 0.624. The van der Waals surface area contributed by atoms with Gasteiger partial charge in [0.25, 0.3) is 0 Å². The van der Waals surface area contributed by atoms with Gasteiger partial charge in [0.15, 0.2) is 5.65 Å². The lowest BCUT2D eigenvalue weighted by Gasteiger charge is -2.21. The molecule has 0 amide bonds. The van der Waals surface area contributed by atoms with Gasteiger partial charge in [0.1, 0.15) is 11.6 Å². The average Bonchev–Trinajstić information content (AvgIpc) is 2.66. The van der Waals surface area contributed by atoms with E-state index in [1.807, 2.05) is 0 Å². The molecule has 1 fully saturated rings. The fourth-order valence-electron chi connectivity index (χ4n) is 2.79. The van der Waals surface area contributed by atoms with E-state index in [9.17, 15) is 4.79 Å². The average molecular weight is 296 g/mol. The fourth-order valence-corrected chi connectivity index (χ4v) is 3.13. The second-order valence-electron chi connectivity index (χ2n) is 5.32. The minimum Gasteiger partial charge on any atom is -0.366 e. The molecule has 2 unspecified atom stereocenters. The van der Waals surface area contributed by atoms with E-state index in [-0.39, 0.29) is 17.1 Å². The molecule has 1 aliphatic rings. The molecule has 6 nitrogen and oxygen atoms in total. The SMILES string of the molecule is Cc1nc(NC2CCCCCC2Cl)cc2n[nH]c(=O)n12. The van der Waals surface area contributed by atoms with Crippen LogP contribution in [0.5, 0.6) is 0 Å². The zero-order valence-corrected chi connectivity index (χ0v) is 12.2. The van der Waals surface area contributed by atoms with Crippen molar-refractivity contribution in [3.63, 3.8) is 0 Å². The first kappa shape index (κ1) is 13.4. The van der Waals surface area contributed by atoms with Crippen molar-refractivity contribution in [2.75, 3.05) is 5.32 Å². The van der Waals surface area contributed by atoms with Gasteiger partial charge in [-0.05, 0) is 19.8 Å². The standard InChI is InChI=1S/C13H18ClN5O/c1-8-15-11(7-12-17-18-13(20)19(8)12)16-10-6-4-2-3-5-9(10)14/h7,9-10,16H,2-6H2,1H3,(H,18,20). The molecule has 2 atom stereocenters. The highest BCUT2D eigenvalue weighted by Crippen LogP contribution is 2.25. The van der Waals surface area contributed by atoms with Crippen LogP contribution in [0, 0.1) is 6.92 Å². The molecule has 0 bridgehead atoms. The predicted molar refractivity (Wildman–Crippen MR) is 78.5 cm³/mol. The maximum absolute atomic E-state index is 11.6. The molecule has 2 aromatic heterocycles.